The fraction of sp³-hybridized carbons (Fsp3) is 0. The maximum Gasteiger partial charge on any atom is 0.115 e. The quantitative estimate of drug-likeness (QED) is 0.309. The molecular formula is C6H7O4SZn-. The van der Waals surface area contributed by atoms with Crippen LogP contribution in [0.15, 0.2) is 30.3 Å². The summed E-state index contributed by atoms with van der Waals surface area (Å²) in [5.41, 5.74) is 0. The molecule has 1 rings (SSSR count). The molecule has 12 heavy (non-hydrogen) atoms. The monoisotopic (exact) mass is 239 g/mol. The minimum atomic E-state index is -2.86. The van der Waals surface area contributed by atoms with E-state index in [1.165, 1.54) is 0 Å². The van der Waals surface area contributed by atoms with E-state index in [1.54, 1.807) is 24.3 Å². The van der Waals surface area contributed by atoms with Crippen molar-refractivity contribution in [2.24, 2.45) is 0 Å². The van der Waals surface area contributed by atoms with Crippen LogP contribution in [0.1, 0.15) is 0 Å². The molecule has 0 radical (unpaired) electrons. The fourth-order valence-electron chi connectivity index (χ4n) is 0.428. The summed E-state index contributed by atoms with van der Waals surface area (Å²) in [6, 6.07) is 8.71. The zero-order valence-electron chi connectivity index (χ0n) is 6.21. The molecule has 1 aromatic rings. The summed E-state index contributed by atoms with van der Waals surface area (Å²) in [6.45, 7) is 0. The molecule has 4 nitrogen and oxygen atoms in total. The summed E-state index contributed by atoms with van der Waals surface area (Å²) >= 11 is 0. The molecule has 0 bridgehead atoms. The number of rotatable bonds is 0. The molecule has 0 unspecified atom stereocenters. The molecule has 0 atom stereocenters. The van der Waals surface area contributed by atoms with Crippen LogP contribution >= 0.6 is 0 Å². The van der Waals surface area contributed by atoms with Gasteiger partial charge in [-0.2, -0.15) is 0 Å². The molecule has 6 heteroatoms. The zero-order chi connectivity index (χ0) is 8.69. The summed E-state index contributed by atoms with van der Waals surface area (Å²) in [5.74, 6) is 0.322. The van der Waals surface area contributed by atoms with Gasteiger partial charge in [0.25, 0.3) is 0 Å². The Bertz CT molecular complexity index is 252. The van der Waals surface area contributed by atoms with E-state index in [1.807, 2.05) is 6.07 Å². The number of para-hydroxylation sites is 1. The van der Waals surface area contributed by atoms with Crippen molar-refractivity contribution in [3.05, 3.63) is 30.3 Å². The van der Waals surface area contributed by atoms with Gasteiger partial charge in [-0.25, -0.2) is 0 Å². The second-order valence-electron chi connectivity index (χ2n) is 1.55. The summed E-state index contributed by atoms with van der Waals surface area (Å²) in [4.78, 5) is 0. The van der Waals surface area contributed by atoms with Crippen molar-refractivity contribution < 1.29 is 37.6 Å². The van der Waals surface area contributed by atoms with Crippen molar-refractivity contribution in [3.8, 4) is 5.75 Å². The van der Waals surface area contributed by atoms with E-state index in [-0.39, 0.29) is 19.5 Å². The molecule has 0 aliphatic carbocycles. The van der Waals surface area contributed by atoms with Gasteiger partial charge in [0.1, 0.15) is 5.75 Å². The minimum Gasteiger partial charge on any atom is -0.508 e. The first kappa shape index (κ1) is 14.1. The summed E-state index contributed by atoms with van der Waals surface area (Å²) in [6.07, 6.45) is 0. The standard InChI is InChI=1S/C6H6O.HO3S.Zn/c7-6-4-2-1-3-5-6;1-4(2)3;/h1-5,7H;(H,1,2,3);/q;-1;. The Morgan fingerprint density at radius 1 is 1.08 bits per heavy atom. The van der Waals surface area contributed by atoms with E-state index < -0.39 is 11.0 Å². The van der Waals surface area contributed by atoms with Crippen LogP contribution < -0.4 is 0 Å². The van der Waals surface area contributed by atoms with E-state index >= 15 is 0 Å². The molecule has 0 amide bonds. The van der Waals surface area contributed by atoms with E-state index in [2.05, 4.69) is 0 Å². The Hall–Kier alpha value is -0.447. The molecule has 1 aromatic carbocycles. The molecule has 0 heterocycles. The maximum absolute atomic E-state index is 8.63. The van der Waals surface area contributed by atoms with Crippen LogP contribution in [0.2, 0.25) is 0 Å². The summed E-state index contributed by atoms with van der Waals surface area (Å²) in [7, 11) is -2.86. The van der Waals surface area contributed by atoms with Crippen LogP contribution in [0.5, 0.6) is 5.75 Å². The predicted molar refractivity (Wildman–Crippen MR) is 39.5 cm³/mol. The largest absolute Gasteiger partial charge is 0.508 e. The third kappa shape index (κ3) is 12.3. The van der Waals surface area contributed by atoms with Gasteiger partial charge in [-0.1, -0.05) is 18.2 Å². The molecule has 2 N–H and O–H groups in total. The first-order valence-corrected chi connectivity index (χ1v) is 3.68. The van der Waals surface area contributed by atoms with Crippen LogP contribution in [0.25, 0.3) is 0 Å². The van der Waals surface area contributed by atoms with Crippen LogP contribution in [-0.4, -0.2) is 9.66 Å². The number of phenolic OH excluding ortho intramolecular Hbond substituents is 1. The molecule has 0 saturated carbocycles. The normalized spacial score (nSPS) is 7.83. The smallest absolute Gasteiger partial charge is 0.115 e. The van der Waals surface area contributed by atoms with Crippen molar-refractivity contribution in [3.63, 3.8) is 0 Å². The maximum atomic E-state index is 8.63. The number of hydrogen-bond acceptors (Lipinski definition) is 4. The second-order valence-corrected chi connectivity index (χ2v) is 1.99. The van der Waals surface area contributed by atoms with Gasteiger partial charge in [0.05, 0.1) is 0 Å². The Kier molecular flexibility index (Phi) is 10.2. The Morgan fingerprint density at radius 3 is 1.58 bits per heavy atom. The van der Waals surface area contributed by atoms with Gasteiger partial charge in [0.15, 0.2) is 0 Å². The first-order chi connectivity index (χ1) is 5.13. The fourth-order valence-corrected chi connectivity index (χ4v) is 0.428. The van der Waals surface area contributed by atoms with E-state index in [0.29, 0.717) is 5.75 Å². The number of hydrogen-bond donors (Lipinski definition) is 2. The average Bonchev–Trinajstić information content (AvgIpc) is 1.87. The Balaban J connectivity index is 0. The summed E-state index contributed by atoms with van der Waals surface area (Å²) in [5, 5.41) is 8.63. The third-order valence-electron chi connectivity index (χ3n) is 0.756. The van der Waals surface area contributed by atoms with Crippen molar-refractivity contribution in [2.75, 3.05) is 0 Å². The number of benzene rings is 1. The van der Waals surface area contributed by atoms with Gasteiger partial charge in [-0.15, -0.1) is 0 Å². The molecular weight excluding hydrogens is 234 g/mol. The Morgan fingerprint density at radius 2 is 1.42 bits per heavy atom. The van der Waals surface area contributed by atoms with Gasteiger partial charge in [-0.05, 0) is 12.1 Å². The topological polar surface area (TPSA) is 74.6 Å². The van der Waals surface area contributed by atoms with Crippen molar-refractivity contribution in [1.29, 1.82) is 0 Å². The second kappa shape index (κ2) is 8.65. The third-order valence-corrected chi connectivity index (χ3v) is 0.756. The molecule has 0 aliphatic heterocycles. The molecule has 0 aliphatic rings. The number of phenols is 1. The van der Waals surface area contributed by atoms with Gasteiger partial charge in [0.2, 0.25) is 0 Å². The van der Waals surface area contributed by atoms with Crippen LogP contribution in [0.3, 0.4) is 0 Å². The number of aromatic hydroxyl groups is 1. The average molecular weight is 241 g/mol. The molecule has 0 aromatic heterocycles. The molecule has 64 valence electrons. The molecule has 0 saturated heterocycles. The van der Waals surface area contributed by atoms with E-state index in [4.69, 9.17) is 18.1 Å². The van der Waals surface area contributed by atoms with Gasteiger partial charge in [0, 0.05) is 30.5 Å². The van der Waals surface area contributed by atoms with Crippen LogP contribution in [0, 0.1) is 0 Å². The van der Waals surface area contributed by atoms with Crippen molar-refractivity contribution in [1.82, 2.24) is 0 Å². The van der Waals surface area contributed by atoms with Gasteiger partial charge < -0.3 is 18.1 Å². The van der Waals surface area contributed by atoms with Gasteiger partial charge in [-0.3, -0.25) is 0 Å². The van der Waals surface area contributed by atoms with Crippen molar-refractivity contribution >= 4 is 11.0 Å². The predicted octanol–water partition coefficient (Wildman–Crippen LogP) is 1.16. The van der Waals surface area contributed by atoms with Crippen LogP contribution in [0.4, 0.5) is 0 Å². The Labute approximate surface area is 84.8 Å². The molecule has 0 spiro atoms. The van der Waals surface area contributed by atoms with E-state index in [9.17, 15) is 0 Å². The first-order valence-electron chi connectivity index (χ1n) is 2.65. The van der Waals surface area contributed by atoms with Crippen LogP contribution in [-0.2, 0) is 38.9 Å². The molecule has 0 fully saturated rings. The summed E-state index contributed by atoms with van der Waals surface area (Å²) < 4.78 is 24.1. The van der Waals surface area contributed by atoms with Crippen molar-refractivity contribution in [2.45, 2.75) is 0 Å². The van der Waals surface area contributed by atoms with Gasteiger partial charge >= 0.3 is 0 Å². The minimum absolute atomic E-state index is 0. The zero-order valence-corrected chi connectivity index (χ0v) is 10.00. The van der Waals surface area contributed by atoms with E-state index in [0.717, 1.165) is 0 Å². The SMILES string of the molecule is O=[S-](=O)O.Oc1ccccc1.[Zn].